The van der Waals surface area contributed by atoms with E-state index in [9.17, 15) is 14.7 Å². The predicted molar refractivity (Wildman–Crippen MR) is 75.4 cm³/mol. The van der Waals surface area contributed by atoms with Gasteiger partial charge in [0.1, 0.15) is 0 Å². The van der Waals surface area contributed by atoms with Crippen molar-refractivity contribution < 1.29 is 14.7 Å². The lowest BCUT2D eigenvalue weighted by atomic mass is 10.1. The number of nitrogen functional groups attached to an aromatic ring is 1. The lowest BCUT2D eigenvalue weighted by Gasteiger charge is -2.15. The van der Waals surface area contributed by atoms with Gasteiger partial charge < -0.3 is 10.4 Å². The van der Waals surface area contributed by atoms with Crippen LogP contribution in [0.4, 0.5) is 0 Å². The average Bonchev–Trinajstić information content (AvgIpc) is 2.51. The van der Waals surface area contributed by atoms with Crippen molar-refractivity contribution in [1.29, 1.82) is 5.39 Å². The highest BCUT2D eigenvalue weighted by Gasteiger charge is 2.21. The number of carbonyl (C=O) groups excluding carboxylic acids is 2. The van der Waals surface area contributed by atoms with Crippen molar-refractivity contribution >= 4 is 11.8 Å². The monoisotopic (exact) mass is 290 g/mol. The van der Waals surface area contributed by atoms with Gasteiger partial charge >= 0.3 is 6.20 Å². The topological polar surface area (TPSA) is 133 Å². The molecule has 0 spiro atoms. The second kappa shape index (κ2) is 7.62. The van der Waals surface area contributed by atoms with Crippen LogP contribution in [0.2, 0.25) is 0 Å². The van der Waals surface area contributed by atoms with E-state index in [0.29, 0.717) is 6.42 Å². The molecule has 0 unspecified atom stereocenters. The summed E-state index contributed by atoms with van der Waals surface area (Å²) in [5, 5.41) is 20.6. The molecule has 110 valence electrons. The summed E-state index contributed by atoms with van der Waals surface area (Å²) in [5.41, 5.74) is 2.19. The summed E-state index contributed by atoms with van der Waals surface area (Å²) in [5.74, 6) is 3.62. The SMILES string of the molecule is CC[C@H](NC(=O)c1ccccc1C(=O)NN)C(O)=C[N+]#N. The van der Waals surface area contributed by atoms with Crippen LogP contribution in [-0.4, -0.2) is 23.0 Å². The zero-order valence-electron chi connectivity index (χ0n) is 11.4. The van der Waals surface area contributed by atoms with Crippen molar-refractivity contribution in [2.75, 3.05) is 0 Å². The normalized spacial score (nSPS) is 12.1. The lowest BCUT2D eigenvalue weighted by Crippen LogP contribution is -2.38. The fourth-order valence-electron chi connectivity index (χ4n) is 1.73. The molecule has 0 saturated heterocycles. The first kappa shape index (κ1) is 16.1. The highest BCUT2D eigenvalue weighted by atomic mass is 16.3. The van der Waals surface area contributed by atoms with Crippen LogP contribution >= 0.6 is 0 Å². The number of amides is 2. The number of hydrogen-bond donors (Lipinski definition) is 4. The van der Waals surface area contributed by atoms with Crippen molar-refractivity contribution in [3.63, 3.8) is 0 Å². The molecule has 1 aromatic carbocycles. The van der Waals surface area contributed by atoms with Gasteiger partial charge in [-0.1, -0.05) is 19.1 Å². The molecule has 0 aliphatic rings. The molecule has 8 heteroatoms. The molecular weight excluding hydrogens is 274 g/mol. The number of nitrogens with two attached hydrogens (primary N) is 1. The maximum Gasteiger partial charge on any atom is 0.389 e. The summed E-state index contributed by atoms with van der Waals surface area (Å²) in [6.45, 7) is 1.73. The Morgan fingerprint density at radius 3 is 2.43 bits per heavy atom. The minimum absolute atomic E-state index is 0.114. The first-order valence-corrected chi connectivity index (χ1v) is 6.19. The minimum atomic E-state index is -0.734. The van der Waals surface area contributed by atoms with Crippen molar-refractivity contribution in [1.82, 2.24) is 10.7 Å². The molecule has 2 amide bonds. The van der Waals surface area contributed by atoms with Crippen LogP contribution in [0.15, 0.2) is 36.2 Å². The molecule has 0 saturated carbocycles. The molecule has 0 aliphatic heterocycles. The first-order chi connectivity index (χ1) is 10.0. The molecular formula is C13H16N5O3+. The largest absolute Gasteiger partial charge is 0.504 e. The summed E-state index contributed by atoms with van der Waals surface area (Å²) in [6.07, 6.45) is 1.20. The van der Waals surface area contributed by atoms with E-state index in [1.807, 2.05) is 5.43 Å². The van der Waals surface area contributed by atoms with Crippen LogP contribution in [0.3, 0.4) is 0 Å². The van der Waals surface area contributed by atoms with Crippen molar-refractivity contribution in [3.05, 3.63) is 52.3 Å². The zero-order chi connectivity index (χ0) is 15.8. The van der Waals surface area contributed by atoms with E-state index in [1.54, 1.807) is 19.1 Å². The highest BCUT2D eigenvalue weighted by molar-refractivity contribution is 6.07. The van der Waals surface area contributed by atoms with Crippen LogP contribution in [0.5, 0.6) is 0 Å². The second-order valence-corrected chi connectivity index (χ2v) is 4.12. The molecule has 5 N–H and O–H groups in total. The smallest absolute Gasteiger partial charge is 0.389 e. The first-order valence-electron chi connectivity index (χ1n) is 6.19. The number of nitrogens with zero attached hydrogens (tertiary/aromatic N) is 2. The van der Waals surface area contributed by atoms with E-state index >= 15 is 0 Å². The number of nitrogens with one attached hydrogen (secondary N) is 2. The van der Waals surface area contributed by atoms with Crippen LogP contribution in [0.1, 0.15) is 34.1 Å². The maximum atomic E-state index is 12.2. The van der Waals surface area contributed by atoms with Crippen LogP contribution in [0, 0.1) is 5.39 Å². The lowest BCUT2D eigenvalue weighted by molar-refractivity contribution is 0.0907. The fraction of sp³-hybridized carbons (Fsp3) is 0.231. The third-order valence-corrected chi connectivity index (χ3v) is 2.81. The molecule has 0 aromatic heterocycles. The molecule has 0 heterocycles. The van der Waals surface area contributed by atoms with Crippen molar-refractivity contribution in [3.8, 4) is 0 Å². The molecule has 0 fully saturated rings. The van der Waals surface area contributed by atoms with Gasteiger partial charge in [-0.15, -0.1) is 0 Å². The average molecular weight is 290 g/mol. The van der Waals surface area contributed by atoms with Gasteiger partial charge in [0.2, 0.25) is 11.2 Å². The number of diazo groups is 1. The standard InChI is InChI=1S/C13H15N5O3/c1-2-10(11(19)7-16-14)17-12(20)8-5-3-4-6-9(8)13(21)18-15/h3-7,10,14-15H,2H2,1H3,(H2,17,19,20)/p+1/t10-/m0/s1. The van der Waals surface area contributed by atoms with Gasteiger partial charge in [0.25, 0.3) is 11.8 Å². The van der Waals surface area contributed by atoms with Crippen LogP contribution < -0.4 is 16.6 Å². The van der Waals surface area contributed by atoms with Gasteiger partial charge in [0.15, 0.2) is 4.98 Å². The van der Waals surface area contributed by atoms with E-state index in [1.165, 1.54) is 12.1 Å². The van der Waals surface area contributed by atoms with Crippen molar-refractivity contribution in [2.45, 2.75) is 19.4 Å². The Bertz CT molecular complexity index is 606. The van der Waals surface area contributed by atoms with Gasteiger partial charge in [-0.2, -0.15) is 0 Å². The minimum Gasteiger partial charge on any atom is -0.504 e. The van der Waals surface area contributed by atoms with Crippen molar-refractivity contribution in [2.24, 2.45) is 5.84 Å². The van der Waals surface area contributed by atoms with Gasteiger partial charge in [-0.3, -0.25) is 15.0 Å². The highest BCUT2D eigenvalue weighted by Crippen LogP contribution is 2.11. The van der Waals surface area contributed by atoms with Gasteiger partial charge in [0, 0.05) is 0 Å². The van der Waals surface area contributed by atoms with Gasteiger partial charge in [-0.25, -0.2) is 5.84 Å². The maximum absolute atomic E-state index is 12.2. The van der Waals surface area contributed by atoms with Gasteiger partial charge in [-0.05, 0) is 18.6 Å². The quantitative estimate of drug-likeness (QED) is 0.211. The van der Waals surface area contributed by atoms with Gasteiger partial charge in [0.05, 0.1) is 17.2 Å². The third-order valence-electron chi connectivity index (χ3n) is 2.81. The number of hydrogen-bond acceptors (Lipinski definition) is 5. The zero-order valence-corrected chi connectivity index (χ0v) is 11.4. The summed E-state index contributed by atoms with van der Waals surface area (Å²) >= 11 is 0. The summed E-state index contributed by atoms with van der Waals surface area (Å²) < 4.78 is 0. The van der Waals surface area contributed by atoms with E-state index in [0.717, 1.165) is 6.20 Å². The van der Waals surface area contributed by atoms with Crippen LogP contribution in [0.25, 0.3) is 4.98 Å². The number of aliphatic hydroxyl groups excluding tert-OH is 1. The second-order valence-electron chi connectivity index (χ2n) is 4.12. The Morgan fingerprint density at radius 1 is 1.38 bits per heavy atom. The Balaban J connectivity index is 3.02. The molecule has 1 rings (SSSR count). The molecule has 8 nitrogen and oxygen atoms in total. The molecule has 1 aromatic rings. The molecule has 1 atom stereocenters. The molecule has 0 bridgehead atoms. The van der Waals surface area contributed by atoms with E-state index in [-0.39, 0.29) is 16.9 Å². The van der Waals surface area contributed by atoms with E-state index in [4.69, 9.17) is 11.2 Å². The predicted octanol–water partition coefficient (Wildman–Crippen LogP) is 1.05. The third kappa shape index (κ3) is 4.02. The Labute approximate surface area is 121 Å². The number of aliphatic hydroxyl groups is 1. The Kier molecular flexibility index (Phi) is 5.85. The number of carbonyl (C=O) groups is 2. The Morgan fingerprint density at radius 2 is 1.95 bits per heavy atom. The Hall–Kier alpha value is -2.92. The number of benzene rings is 1. The molecule has 0 radical (unpaired) electrons. The summed E-state index contributed by atoms with van der Waals surface area (Å²) in [6, 6.07) is 5.38. The van der Waals surface area contributed by atoms with E-state index in [2.05, 4.69) is 10.3 Å². The summed E-state index contributed by atoms with van der Waals surface area (Å²) in [4.78, 5) is 26.5. The molecule has 21 heavy (non-hydrogen) atoms. The molecule has 0 aliphatic carbocycles. The number of rotatable bonds is 5. The number of hydrazine groups is 1. The van der Waals surface area contributed by atoms with Crippen LogP contribution in [-0.2, 0) is 0 Å². The fourth-order valence-corrected chi connectivity index (χ4v) is 1.73. The van der Waals surface area contributed by atoms with E-state index < -0.39 is 17.9 Å². The summed E-state index contributed by atoms with van der Waals surface area (Å²) in [7, 11) is 0.